The van der Waals surface area contributed by atoms with E-state index in [-0.39, 0.29) is 10.7 Å². The van der Waals surface area contributed by atoms with E-state index in [1.807, 2.05) is 0 Å². The van der Waals surface area contributed by atoms with Gasteiger partial charge in [-0.05, 0) is 76.8 Å². The summed E-state index contributed by atoms with van der Waals surface area (Å²) in [5, 5.41) is 18.9. The van der Waals surface area contributed by atoms with E-state index < -0.39 is 21.8 Å². The normalized spacial score (nSPS) is 12.0. The van der Waals surface area contributed by atoms with Gasteiger partial charge < -0.3 is 25.9 Å². The lowest BCUT2D eigenvalue weighted by molar-refractivity contribution is -0.255. The second-order valence-electron chi connectivity index (χ2n) is 5.42. The Morgan fingerprint density at radius 2 is 1.50 bits per heavy atom. The highest BCUT2D eigenvalue weighted by atomic mass is 127. The van der Waals surface area contributed by atoms with E-state index in [1.54, 1.807) is 24.3 Å². The van der Waals surface area contributed by atoms with Gasteiger partial charge in [0.15, 0.2) is 5.11 Å². The zero-order valence-corrected chi connectivity index (χ0v) is 19.1. The van der Waals surface area contributed by atoms with Crippen molar-refractivity contribution < 1.29 is 14.7 Å². The van der Waals surface area contributed by atoms with Crippen LogP contribution in [0.5, 0.6) is 0 Å². The predicted octanol–water partition coefficient (Wildman–Crippen LogP) is 3.07. The number of alkyl halides is 3. The first kappa shape index (κ1) is 23.0. The van der Waals surface area contributed by atoms with Crippen LogP contribution in [-0.4, -0.2) is 26.9 Å². The summed E-state index contributed by atoms with van der Waals surface area (Å²) >= 11 is 25.1. The Hall–Kier alpha value is -1.33. The molecule has 0 fully saturated rings. The number of anilines is 1. The molecular formula is C17H12Cl3IN3O3S-. The maximum Gasteiger partial charge on any atom is 0.252 e. The van der Waals surface area contributed by atoms with Crippen molar-refractivity contribution in [2.45, 2.75) is 9.96 Å². The molecule has 0 bridgehead atoms. The van der Waals surface area contributed by atoms with Gasteiger partial charge in [0, 0.05) is 14.8 Å². The fourth-order valence-electron chi connectivity index (χ4n) is 2.00. The van der Waals surface area contributed by atoms with E-state index in [0.29, 0.717) is 11.3 Å². The lowest BCUT2D eigenvalue weighted by atomic mass is 10.2. The lowest BCUT2D eigenvalue weighted by Crippen LogP contribution is -2.56. The number of hydrogen-bond donors (Lipinski definition) is 3. The highest BCUT2D eigenvalue weighted by molar-refractivity contribution is 14.1. The maximum atomic E-state index is 12.4. The topological polar surface area (TPSA) is 93.3 Å². The van der Waals surface area contributed by atoms with Crippen molar-refractivity contribution in [2.24, 2.45) is 0 Å². The zero-order chi connectivity index (χ0) is 20.9. The van der Waals surface area contributed by atoms with Crippen molar-refractivity contribution in [1.82, 2.24) is 10.6 Å². The zero-order valence-electron chi connectivity index (χ0n) is 13.8. The number of thiocarbonyl (C=S) groups is 1. The van der Waals surface area contributed by atoms with Crippen LogP contribution >= 0.6 is 69.6 Å². The summed E-state index contributed by atoms with van der Waals surface area (Å²) < 4.78 is -0.927. The van der Waals surface area contributed by atoms with Crippen LogP contribution in [0.2, 0.25) is 0 Å². The van der Waals surface area contributed by atoms with Gasteiger partial charge in [-0.25, -0.2) is 0 Å². The van der Waals surface area contributed by atoms with E-state index in [9.17, 15) is 14.7 Å². The lowest BCUT2D eigenvalue weighted by Gasteiger charge is -2.27. The number of benzene rings is 2. The van der Waals surface area contributed by atoms with E-state index in [1.165, 1.54) is 24.3 Å². The van der Waals surface area contributed by atoms with Crippen LogP contribution in [-0.2, 0) is 0 Å². The molecule has 1 amide bonds. The van der Waals surface area contributed by atoms with Gasteiger partial charge >= 0.3 is 0 Å². The second-order valence-corrected chi connectivity index (χ2v) is 9.44. The van der Waals surface area contributed by atoms with E-state index in [0.717, 1.165) is 3.57 Å². The van der Waals surface area contributed by atoms with Gasteiger partial charge in [0.25, 0.3) is 5.91 Å². The summed E-state index contributed by atoms with van der Waals surface area (Å²) in [6, 6.07) is 12.5. The molecule has 0 radical (unpaired) electrons. The Morgan fingerprint density at radius 3 is 2.00 bits per heavy atom. The average Bonchev–Trinajstić information content (AvgIpc) is 2.61. The molecule has 2 aromatic rings. The smallest absolute Gasteiger partial charge is 0.252 e. The number of amides is 1. The Morgan fingerprint density at radius 1 is 0.964 bits per heavy atom. The minimum atomic E-state index is -1.90. The quantitative estimate of drug-likeness (QED) is 0.221. The second kappa shape index (κ2) is 9.93. The number of nitrogens with one attached hydrogen (secondary N) is 3. The molecule has 0 saturated heterocycles. The number of carboxylic acids is 1. The van der Waals surface area contributed by atoms with Gasteiger partial charge in [0.05, 0.1) is 5.97 Å². The van der Waals surface area contributed by atoms with E-state index >= 15 is 0 Å². The Balaban J connectivity index is 2.04. The fourth-order valence-corrected chi connectivity index (χ4v) is 2.93. The molecule has 11 heteroatoms. The molecule has 0 aromatic heterocycles. The molecule has 3 N–H and O–H groups in total. The molecule has 0 aliphatic carbocycles. The maximum absolute atomic E-state index is 12.4. The fraction of sp³-hybridized carbons (Fsp3) is 0.118. The number of rotatable bonds is 5. The third-order valence-electron chi connectivity index (χ3n) is 3.36. The number of carbonyl (C=O) groups excluding carboxylic acids is 2. The first-order chi connectivity index (χ1) is 13.1. The van der Waals surface area contributed by atoms with E-state index in [4.69, 9.17) is 47.0 Å². The molecule has 2 aromatic carbocycles. The predicted molar refractivity (Wildman–Crippen MR) is 121 cm³/mol. The Labute approximate surface area is 195 Å². The molecule has 6 nitrogen and oxygen atoms in total. The van der Waals surface area contributed by atoms with Crippen molar-refractivity contribution in [3.63, 3.8) is 0 Å². The van der Waals surface area contributed by atoms with Crippen molar-refractivity contribution in [2.75, 3.05) is 5.32 Å². The summed E-state index contributed by atoms with van der Waals surface area (Å²) in [5.74, 6) is -1.75. The molecule has 148 valence electrons. The van der Waals surface area contributed by atoms with Gasteiger partial charge in [-0.3, -0.25) is 4.79 Å². The number of carboxylic acid groups (broad SMARTS) is 1. The largest absolute Gasteiger partial charge is 0.545 e. The molecule has 0 aliphatic heterocycles. The van der Waals surface area contributed by atoms with Gasteiger partial charge in [0.2, 0.25) is 3.79 Å². The van der Waals surface area contributed by atoms with Crippen LogP contribution in [0.4, 0.5) is 5.69 Å². The third-order valence-corrected chi connectivity index (χ3v) is 4.96. The highest BCUT2D eigenvalue weighted by Gasteiger charge is 2.34. The Kier molecular flexibility index (Phi) is 8.14. The van der Waals surface area contributed by atoms with Crippen molar-refractivity contribution >= 4 is 92.3 Å². The average molecular weight is 572 g/mol. The minimum absolute atomic E-state index is 0.0216. The highest BCUT2D eigenvalue weighted by Crippen LogP contribution is 2.29. The SMILES string of the molecule is O=C([O-])c1ccc(NC(=S)NC(NC(=O)c2ccc(I)cc2)C(Cl)(Cl)Cl)cc1. The van der Waals surface area contributed by atoms with Crippen molar-refractivity contribution in [3.8, 4) is 0 Å². The van der Waals surface area contributed by atoms with Crippen LogP contribution in [0.3, 0.4) is 0 Å². The van der Waals surface area contributed by atoms with Crippen LogP contribution in [0, 0.1) is 3.57 Å². The first-order valence-electron chi connectivity index (χ1n) is 7.58. The number of halogens is 4. The minimum Gasteiger partial charge on any atom is -0.545 e. The van der Waals surface area contributed by atoms with Gasteiger partial charge in [0.1, 0.15) is 6.17 Å². The monoisotopic (exact) mass is 570 g/mol. The van der Waals surface area contributed by atoms with Gasteiger partial charge in [-0.2, -0.15) is 0 Å². The summed E-state index contributed by atoms with van der Waals surface area (Å²) in [5.41, 5.74) is 0.904. The van der Waals surface area contributed by atoms with Crippen molar-refractivity contribution in [1.29, 1.82) is 0 Å². The van der Waals surface area contributed by atoms with Crippen LogP contribution in [0.25, 0.3) is 0 Å². The van der Waals surface area contributed by atoms with Crippen LogP contribution in [0.15, 0.2) is 48.5 Å². The van der Waals surface area contributed by atoms with Crippen LogP contribution in [0.1, 0.15) is 20.7 Å². The Bertz CT molecular complexity index is 874. The molecule has 1 unspecified atom stereocenters. The van der Waals surface area contributed by atoms with Gasteiger partial charge in [-0.1, -0.05) is 46.9 Å². The van der Waals surface area contributed by atoms with Gasteiger partial charge in [-0.15, -0.1) is 0 Å². The first-order valence-corrected chi connectivity index (χ1v) is 10.2. The molecule has 0 saturated carbocycles. The standard InChI is InChI=1S/C17H13Cl3IN3O3S/c18-17(19,20)15(23-13(25)9-1-5-11(21)6-2-9)24-16(28)22-12-7-3-10(4-8-12)14(26)27/h1-8,15H,(H,23,25)(H,26,27)(H2,22,24,28)/p-1. The molecular weight excluding hydrogens is 560 g/mol. The summed E-state index contributed by atoms with van der Waals surface area (Å²) in [6.07, 6.45) is -1.13. The molecule has 0 spiro atoms. The molecule has 28 heavy (non-hydrogen) atoms. The number of hydrogen-bond acceptors (Lipinski definition) is 4. The summed E-state index contributed by atoms with van der Waals surface area (Å²) in [6.45, 7) is 0. The number of aromatic carboxylic acids is 1. The summed E-state index contributed by atoms with van der Waals surface area (Å²) in [7, 11) is 0. The van der Waals surface area contributed by atoms with E-state index in [2.05, 4.69) is 38.5 Å². The molecule has 0 aliphatic rings. The van der Waals surface area contributed by atoms with Crippen molar-refractivity contribution in [3.05, 3.63) is 63.2 Å². The van der Waals surface area contributed by atoms with Crippen LogP contribution < -0.4 is 21.1 Å². The molecule has 0 heterocycles. The molecule has 2 rings (SSSR count). The third kappa shape index (κ3) is 6.93. The summed E-state index contributed by atoms with van der Waals surface area (Å²) in [4.78, 5) is 23.2. The number of carbonyl (C=O) groups is 2. The molecule has 1 atom stereocenters.